The normalized spacial score (nSPS) is 10.7. The molecular formula is C16H20N2OS. The molecule has 2 N–H and O–H groups in total. The van der Waals surface area contributed by atoms with E-state index in [0.717, 1.165) is 36.1 Å². The summed E-state index contributed by atoms with van der Waals surface area (Å²) < 4.78 is 5.42. The topological polar surface area (TPSA) is 38.5 Å². The van der Waals surface area contributed by atoms with Crippen LogP contribution in [0.25, 0.3) is 10.8 Å². The van der Waals surface area contributed by atoms with Gasteiger partial charge >= 0.3 is 0 Å². The lowest BCUT2D eigenvalue weighted by Crippen LogP contribution is -2.23. The van der Waals surface area contributed by atoms with Gasteiger partial charge in [-0.1, -0.05) is 36.5 Å². The van der Waals surface area contributed by atoms with E-state index in [1.807, 2.05) is 25.1 Å². The molecule has 0 aliphatic carbocycles. The third kappa shape index (κ3) is 3.08. The van der Waals surface area contributed by atoms with Crippen molar-refractivity contribution in [2.75, 3.05) is 31.7 Å². The number of hydrogen-bond acceptors (Lipinski definition) is 3. The largest absolute Gasteiger partial charge is 0.389 e. The van der Waals surface area contributed by atoms with Crippen LogP contribution in [0.5, 0.6) is 0 Å². The number of fused-ring (bicyclic) bond motifs is 1. The van der Waals surface area contributed by atoms with Gasteiger partial charge in [-0.25, -0.2) is 0 Å². The maximum absolute atomic E-state index is 5.80. The minimum Gasteiger partial charge on any atom is -0.389 e. The van der Waals surface area contributed by atoms with Crippen molar-refractivity contribution >= 4 is 33.7 Å². The van der Waals surface area contributed by atoms with Gasteiger partial charge < -0.3 is 15.4 Å². The monoisotopic (exact) mass is 288 g/mol. The van der Waals surface area contributed by atoms with E-state index < -0.39 is 0 Å². The van der Waals surface area contributed by atoms with Crippen LogP contribution in [0, 0.1) is 0 Å². The van der Waals surface area contributed by atoms with E-state index in [0.29, 0.717) is 4.99 Å². The lowest BCUT2D eigenvalue weighted by molar-refractivity contribution is 0.154. The van der Waals surface area contributed by atoms with Crippen LogP contribution in [0.4, 0.5) is 5.69 Å². The summed E-state index contributed by atoms with van der Waals surface area (Å²) in [5.41, 5.74) is 7.90. The first-order valence-electron chi connectivity index (χ1n) is 6.75. The molecule has 3 nitrogen and oxygen atoms in total. The number of likely N-dealkylation sites (N-methyl/N-ethyl adjacent to an activating group) is 1. The van der Waals surface area contributed by atoms with Gasteiger partial charge in [-0.05, 0) is 24.4 Å². The van der Waals surface area contributed by atoms with Crippen LogP contribution < -0.4 is 10.6 Å². The number of anilines is 1. The molecule has 0 heterocycles. The standard InChI is InChI=1S/C16H20N2OS/c1-3-19-11-10-18(2)15-9-8-14(16(17)20)12-6-4-5-7-13(12)15/h4-9H,3,10-11H2,1-2H3,(H2,17,20). The van der Waals surface area contributed by atoms with Gasteiger partial charge in [0.25, 0.3) is 0 Å². The molecule has 2 aromatic rings. The Bertz CT molecular complexity index is 612. The highest BCUT2D eigenvalue weighted by atomic mass is 32.1. The van der Waals surface area contributed by atoms with Gasteiger partial charge in [-0.15, -0.1) is 0 Å². The van der Waals surface area contributed by atoms with E-state index in [1.165, 1.54) is 5.69 Å². The Balaban J connectivity index is 2.40. The zero-order valence-electron chi connectivity index (χ0n) is 11.9. The van der Waals surface area contributed by atoms with Crippen molar-refractivity contribution in [3.8, 4) is 0 Å². The second kappa shape index (κ2) is 6.68. The van der Waals surface area contributed by atoms with Crippen LogP contribution in [-0.4, -0.2) is 31.8 Å². The third-order valence-corrected chi connectivity index (χ3v) is 3.57. The lowest BCUT2D eigenvalue weighted by Gasteiger charge is -2.22. The summed E-state index contributed by atoms with van der Waals surface area (Å²) in [6, 6.07) is 12.3. The third-order valence-electron chi connectivity index (χ3n) is 3.35. The summed E-state index contributed by atoms with van der Waals surface area (Å²) in [5.74, 6) is 0. The minimum atomic E-state index is 0.435. The molecule has 0 radical (unpaired) electrons. The van der Waals surface area contributed by atoms with Crippen molar-refractivity contribution in [3.05, 3.63) is 42.0 Å². The van der Waals surface area contributed by atoms with Gasteiger partial charge in [0, 0.05) is 36.8 Å². The molecule has 106 valence electrons. The van der Waals surface area contributed by atoms with Crippen LogP contribution >= 0.6 is 12.2 Å². The SMILES string of the molecule is CCOCCN(C)c1ccc(C(N)=S)c2ccccc12. The molecule has 20 heavy (non-hydrogen) atoms. The molecule has 0 aromatic heterocycles. The van der Waals surface area contributed by atoms with Crippen LogP contribution in [0.1, 0.15) is 12.5 Å². The molecule has 0 amide bonds. The maximum Gasteiger partial charge on any atom is 0.104 e. The summed E-state index contributed by atoms with van der Waals surface area (Å²) >= 11 is 5.13. The lowest BCUT2D eigenvalue weighted by atomic mass is 10.0. The molecule has 4 heteroatoms. The Morgan fingerprint density at radius 1 is 1.20 bits per heavy atom. The summed E-state index contributed by atoms with van der Waals surface area (Å²) in [6.45, 7) is 4.32. The Labute approximate surface area is 125 Å². The molecule has 0 saturated heterocycles. The summed E-state index contributed by atoms with van der Waals surface area (Å²) in [6.07, 6.45) is 0. The summed E-state index contributed by atoms with van der Waals surface area (Å²) in [5, 5.41) is 2.26. The Kier molecular flexibility index (Phi) is 4.93. The molecule has 0 bridgehead atoms. The fourth-order valence-electron chi connectivity index (χ4n) is 2.30. The molecule has 0 spiro atoms. The number of nitrogens with two attached hydrogens (primary N) is 1. The Morgan fingerprint density at radius 2 is 1.90 bits per heavy atom. The zero-order chi connectivity index (χ0) is 14.5. The minimum absolute atomic E-state index is 0.435. The highest BCUT2D eigenvalue weighted by molar-refractivity contribution is 7.80. The molecule has 2 aromatic carbocycles. The van der Waals surface area contributed by atoms with Gasteiger partial charge in [-0.3, -0.25) is 0 Å². The van der Waals surface area contributed by atoms with Gasteiger partial charge in [0.05, 0.1) is 6.61 Å². The van der Waals surface area contributed by atoms with Crippen molar-refractivity contribution < 1.29 is 4.74 Å². The number of ether oxygens (including phenoxy) is 1. The molecular weight excluding hydrogens is 268 g/mol. The Morgan fingerprint density at radius 3 is 2.55 bits per heavy atom. The second-order valence-corrected chi connectivity index (χ2v) is 5.10. The molecule has 0 saturated carbocycles. The van der Waals surface area contributed by atoms with E-state index >= 15 is 0 Å². The van der Waals surface area contributed by atoms with Crippen molar-refractivity contribution in [2.24, 2.45) is 5.73 Å². The number of thiocarbonyl (C=S) groups is 1. The van der Waals surface area contributed by atoms with E-state index in [2.05, 4.69) is 30.1 Å². The molecule has 0 fully saturated rings. The van der Waals surface area contributed by atoms with Crippen molar-refractivity contribution in [1.82, 2.24) is 0 Å². The number of nitrogens with zero attached hydrogens (tertiary/aromatic N) is 1. The quantitative estimate of drug-likeness (QED) is 0.655. The fourth-order valence-corrected chi connectivity index (χ4v) is 2.48. The highest BCUT2D eigenvalue weighted by Gasteiger charge is 2.10. The van der Waals surface area contributed by atoms with Crippen molar-refractivity contribution in [2.45, 2.75) is 6.92 Å². The molecule has 2 rings (SSSR count). The first-order chi connectivity index (χ1) is 9.65. The van der Waals surface area contributed by atoms with Crippen LogP contribution in [0.2, 0.25) is 0 Å². The van der Waals surface area contributed by atoms with Crippen molar-refractivity contribution in [1.29, 1.82) is 0 Å². The van der Waals surface area contributed by atoms with Gasteiger partial charge in [0.1, 0.15) is 4.99 Å². The first-order valence-corrected chi connectivity index (χ1v) is 7.16. The smallest absolute Gasteiger partial charge is 0.104 e. The van der Waals surface area contributed by atoms with E-state index in [4.69, 9.17) is 22.7 Å². The van der Waals surface area contributed by atoms with E-state index in [9.17, 15) is 0 Å². The summed E-state index contributed by atoms with van der Waals surface area (Å²) in [4.78, 5) is 2.63. The van der Waals surface area contributed by atoms with E-state index in [1.54, 1.807) is 0 Å². The van der Waals surface area contributed by atoms with Crippen LogP contribution in [-0.2, 0) is 4.74 Å². The van der Waals surface area contributed by atoms with Gasteiger partial charge in [0.2, 0.25) is 0 Å². The highest BCUT2D eigenvalue weighted by Crippen LogP contribution is 2.28. The molecule has 0 aliphatic heterocycles. The molecule has 0 aliphatic rings. The van der Waals surface area contributed by atoms with Crippen LogP contribution in [0.3, 0.4) is 0 Å². The first kappa shape index (κ1) is 14.8. The van der Waals surface area contributed by atoms with Gasteiger partial charge in [-0.2, -0.15) is 0 Å². The maximum atomic E-state index is 5.80. The van der Waals surface area contributed by atoms with E-state index in [-0.39, 0.29) is 0 Å². The number of benzene rings is 2. The predicted octanol–water partition coefficient (Wildman–Crippen LogP) is 2.95. The summed E-state index contributed by atoms with van der Waals surface area (Å²) in [7, 11) is 2.07. The molecule has 0 unspecified atom stereocenters. The Hall–Kier alpha value is -1.65. The predicted molar refractivity (Wildman–Crippen MR) is 89.6 cm³/mol. The zero-order valence-corrected chi connectivity index (χ0v) is 12.7. The second-order valence-electron chi connectivity index (χ2n) is 4.66. The number of hydrogen-bond donors (Lipinski definition) is 1. The van der Waals surface area contributed by atoms with Gasteiger partial charge in [0.15, 0.2) is 0 Å². The molecule has 0 atom stereocenters. The average Bonchev–Trinajstić information content (AvgIpc) is 2.46. The fraction of sp³-hybridized carbons (Fsp3) is 0.312. The van der Waals surface area contributed by atoms with Crippen molar-refractivity contribution in [3.63, 3.8) is 0 Å². The van der Waals surface area contributed by atoms with Crippen LogP contribution in [0.15, 0.2) is 36.4 Å². The average molecular weight is 288 g/mol. The number of rotatable bonds is 6.